The predicted molar refractivity (Wildman–Crippen MR) is 125 cm³/mol. The highest BCUT2D eigenvalue weighted by Crippen LogP contribution is 2.15. The largest absolute Gasteiger partial charge is 0.469 e. The molecule has 1 saturated heterocycles. The lowest BCUT2D eigenvalue weighted by atomic mass is 10.1. The van der Waals surface area contributed by atoms with Gasteiger partial charge in [-0.15, -0.1) is 11.3 Å². The molecule has 3 heterocycles. The van der Waals surface area contributed by atoms with Crippen LogP contribution in [0.5, 0.6) is 0 Å². The summed E-state index contributed by atoms with van der Waals surface area (Å²) in [4.78, 5) is 20.0. The van der Waals surface area contributed by atoms with E-state index in [2.05, 4.69) is 35.1 Å². The summed E-state index contributed by atoms with van der Waals surface area (Å²) < 4.78 is 10.5. The summed E-state index contributed by atoms with van der Waals surface area (Å²) >= 11 is 1.80. The number of nitrogens with zero attached hydrogens (tertiary/aromatic N) is 2. The predicted octanol–water partition coefficient (Wildman–Crippen LogP) is 3.92. The molecule has 170 valence electrons. The summed E-state index contributed by atoms with van der Waals surface area (Å²) in [5.74, 6) is 2.26. The van der Waals surface area contributed by atoms with E-state index in [9.17, 15) is 4.79 Å². The number of likely N-dealkylation sites (tertiary alicyclic amines) is 1. The molecule has 1 aliphatic heterocycles. The van der Waals surface area contributed by atoms with E-state index in [1.807, 2.05) is 19.1 Å². The van der Waals surface area contributed by atoms with Gasteiger partial charge in [0.25, 0.3) is 0 Å². The first-order chi connectivity index (χ1) is 15.1. The van der Waals surface area contributed by atoms with Crippen LogP contribution < -0.4 is 10.6 Å². The van der Waals surface area contributed by atoms with Crippen LogP contribution in [0.2, 0.25) is 0 Å². The van der Waals surface area contributed by atoms with Gasteiger partial charge in [0.1, 0.15) is 5.76 Å². The number of thiophene rings is 1. The molecular formula is C23H34N4O3S. The smallest absolute Gasteiger partial charge is 0.409 e. The number of piperidine rings is 1. The molecule has 0 spiro atoms. The van der Waals surface area contributed by atoms with Crippen LogP contribution in [0.3, 0.4) is 0 Å². The van der Waals surface area contributed by atoms with Crippen LogP contribution in [0.1, 0.15) is 37.3 Å². The molecule has 1 unspecified atom stereocenters. The van der Waals surface area contributed by atoms with Crippen LogP contribution in [0.4, 0.5) is 4.79 Å². The fourth-order valence-corrected chi connectivity index (χ4v) is 4.48. The summed E-state index contributed by atoms with van der Waals surface area (Å²) in [6.07, 6.45) is 5.09. The van der Waals surface area contributed by atoms with Crippen LogP contribution in [0.25, 0.3) is 0 Å². The summed E-state index contributed by atoms with van der Waals surface area (Å²) in [7, 11) is 0. The fraction of sp³-hybridized carbons (Fsp3) is 0.565. The maximum Gasteiger partial charge on any atom is 0.409 e. The van der Waals surface area contributed by atoms with E-state index in [0.717, 1.165) is 50.5 Å². The molecule has 1 aliphatic rings. The van der Waals surface area contributed by atoms with Gasteiger partial charge in [-0.25, -0.2) is 4.79 Å². The molecule has 0 radical (unpaired) electrons. The number of furan rings is 1. The molecule has 1 fully saturated rings. The zero-order valence-electron chi connectivity index (χ0n) is 18.5. The lowest BCUT2D eigenvalue weighted by molar-refractivity contribution is 0.0963. The van der Waals surface area contributed by atoms with Crippen LogP contribution in [0.15, 0.2) is 45.3 Å². The van der Waals surface area contributed by atoms with Crippen molar-refractivity contribution in [3.8, 4) is 0 Å². The Morgan fingerprint density at radius 3 is 2.87 bits per heavy atom. The number of aliphatic imine (C=N–C) groups is 1. The minimum absolute atomic E-state index is 0.214. The molecule has 7 nitrogen and oxygen atoms in total. The maximum absolute atomic E-state index is 11.9. The number of carbonyl (C=O) groups excluding carboxylic acids is 1. The first kappa shape index (κ1) is 23.2. The highest BCUT2D eigenvalue weighted by atomic mass is 32.1. The van der Waals surface area contributed by atoms with Crippen molar-refractivity contribution in [2.45, 2.75) is 45.6 Å². The highest BCUT2D eigenvalue weighted by molar-refractivity contribution is 7.09. The van der Waals surface area contributed by atoms with Gasteiger partial charge < -0.3 is 24.7 Å². The first-order valence-electron chi connectivity index (χ1n) is 11.1. The zero-order valence-corrected chi connectivity index (χ0v) is 19.3. The van der Waals surface area contributed by atoms with Crippen LogP contribution in [-0.4, -0.2) is 55.8 Å². The second kappa shape index (κ2) is 12.4. The van der Waals surface area contributed by atoms with Crippen molar-refractivity contribution in [1.82, 2.24) is 15.5 Å². The minimum Gasteiger partial charge on any atom is -0.469 e. The Hall–Kier alpha value is -2.48. The van der Waals surface area contributed by atoms with Crippen LogP contribution in [0, 0.1) is 5.92 Å². The topological polar surface area (TPSA) is 79.1 Å². The molecule has 0 bridgehead atoms. The normalized spacial score (nSPS) is 16.2. The molecule has 1 atom stereocenters. The molecule has 2 aromatic heterocycles. The molecular weight excluding hydrogens is 412 g/mol. The second-order valence-corrected chi connectivity index (χ2v) is 8.97. The van der Waals surface area contributed by atoms with Crippen molar-refractivity contribution in [2.75, 3.05) is 32.8 Å². The van der Waals surface area contributed by atoms with Crippen molar-refractivity contribution in [3.05, 3.63) is 46.5 Å². The summed E-state index contributed by atoms with van der Waals surface area (Å²) in [5.41, 5.74) is 0. The lowest BCUT2D eigenvalue weighted by Gasteiger charge is -2.32. The van der Waals surface area contributed by atoms with Gasteiger partial charge in [-0.1, -0.05) is 13.0 Å². The Balaban J connectivity index is 1.51. The molecule has 3 rings (SSSR count). The Bertz CT molecular complexity index is 784. The third-order valence-corrected chi connectivity index (χ3v) is 6.20. The van der Waals surface area contributed by atoms with Gasteiger partial charge in [-0.2, -0.15) is 0 Å². The Morgan fingerprint density at radius 1 is 1.35 bits per heavy atom. The van der Waals surface area contributed by atoms with Crippen LogP contribution >= 0.6 is 11.3 Å². The van der Waals surface area contributed by atoms with Crippen molar-refractivity contribution >= 4 is 23.4 Å². The number of hydrogen-bond acceptors (Lipinski definition) is 5. The molecule has 31 heavy (non-hydrogen) atoms. The van der Waals surface area contributed by atoms with Crippen molar-refractivity contribution in [1.29, 1.82) is 0 Å². The molecule has 1 amide bonds. The van der Waals surface area contributed by atoms with Crippen molar-refractivity contribution < 1.29 is 13.9 Å². The molecule has 0 aromatic carbocycles. The number of ether oxygens (including phenoxy) is 1. The maximum atomic E-state index is 11.9. The van der Waals surface area contributed by atoms with E-state index in [4.69, 9.17) is 14.1 Å². The Labute approximate surface area is 188 Å². The fourth-order valence-electron chi connectivity index (χ4n) is 3.61. The van der Waals surface area contributed by atoms with Gasteiger partial charge in [0.05, 0.1) is 12.9 Å². The van der Waals surface area contributed by atoms with Crippen molar-refractivity contribution in [3.63, 3.8) is 0 Å². The highest BCUT2D eigenvalue weighted by Gasteiger charge is 2.24. The van der Waals surface area contributed by atoms with Crippen LogP contribution in [-0.2, 0) is 17.6 Å². The number of rotatable bonds is 9. The van der Waals surface area contributed by atoms with E-state index in [0.29, 0.717) is 25.6 Å². The zero-order chi connectivity index (χ0) is 21.9. The first-order valence-corrected chi connectivity index (χ1v) is 12.0. The Morgan fingerprint density at radius 2 is 2.19 bits per heavy atom. The number of carbonyl (C=O) groups is 1. The molecule has 0 saturated carbocycles. The van der Waals surface area contributed by atoms with Gasteiger partial charge in [0.2, 0.25) is 0 Å². The Kier molecular flexibility index (Phi) is 9.27. The molecule has 2 N–H and O–H groups in total. The van der Waals surface area contributed by atoms with Gasteiger partial charge in [-0.3, -0.25) is 4.99 Å². The van der Waals surface area contributed by atoms with E-state index < -0.39 is 0 Å². The average molecular weight is 447 g/mol. The molecule has 8 heteroatoms. The quantitative estimate of drug-likeness (QED) is 0.451. The summed E-state index contributed by atoms with van der Waals surface area (Å²) in [5, 5.41) is 9.15. The van der Waals surface area contributed by atoms with Gasteiger partial charge in [-0.05, 0) is 55.7 Å². The third-order valence-electron chi connectivity index (χ3n) is 5.30. The van der Waals surface area contributed by atoms with E-state index in [1.54, 1.807) is 22.5 Å². The number of guanidine groups is 1. The van der Waals surface area contributed by atoms with Gasteiger partial charge in [0, 0.05) is 43.5 Å². The number of amides is 1. The third kappa shape index (κ3) is 7.94. The van der Waals surface area contributed by atoms with Crippen molar-refractivity contribution in [2.24, 2.45) is 10.9 Å². The number of nitrogens with one attached hydrogen (secondary N) is 2. The number of hydrogen-bond donors (Lipinski definition) is 2. The van der Waals surface area contributed by atoms with E-state index in [1.165, 1.54) is 4.88 Å². The van der Waals surface area contributed by atoms with E-state index >= 15 is 0 Å². The lowest BCUT2D eigenvalue weighted by Crippen LogP contribution is -2.50. The second-order valence-electron chi connectivity index (χ2n) is 7.94. The van der Waals surface area contributed by atoms with E-state index in [-0.39, 0.29) is 12.1 Å². The standard InChI is InChI=1S/C23H34N4O3S/c1-3-29-23(28)27-12-9-19(10-13-27)26-22(24-11-8-20-6-4-14-30-20)25-17-18(2)16-21-7-5-15-31-21/h4-7,14-15,18-19H,3,8-13,16-17H2,1-2H3,(H2,24,25,26). The molecule has 0 aliphatic carbocycles. The van der Waals surface area contributed by atoms with Gasteiger partial charge in [0.15, 0.2) is 5.96 Å². The summed E-state index contributed by atoms with van der Waals surface area (Å²) in [6.45, 7) is 7.40. The van der Waals surface area contributed by atoms with Gasteiger partial charge >= 0.3 is 6.09 Å². The summed E-state index contributed by atoms with van der Waals surface area (Å²) in [6, 6.07) is 8.46. The minimum atomic E-state index is -0.214. The monoisotopic (exact) mass is 446 g/mol. The average Bonchev–Trinajstić information content (AvgIpc) is 3.47. The SMILES string of the molecule is CCOC(=O)N1CCC(NC(=NCC(C)Cc2cccs2)NCCc2ccco2)CC1. The molecule has 2 aromatic rings.